The minimum Gasteiger partial charge on any atom is -0.461 e. The van der Waals surface area contributed by atoms with E-state index in [1.54, 1.807) is 19.1 Å². The maximum absolute atomic E-state index is 12.8. The van der Waals surface area contributed by atoms with Crippen molar-refractivity contribution in [1.29, 1.82) is 0 Å². The Balaban J connectivity index is 2.15. The van der Waals surface area contributed by atoms with Crippen LogP contribution in [0, 0.1) is 5.82 Å². The zero-order valence-electron chi connectivity index (χ0n) is 10.5. The fourth-order valence-electron chi connectivity index (χ4n) is 1.59. The molecule has 0 saturated carbocycles. The second-order valence-electron chi connectivity index (χ2n) is 3.88. The number of benzene rings is 1. The van der Waals surface area contributed by atoms with Crippen LogP contribution in [0.3, 0.4) is 0 Å². The van der Waals surface area contributed by atoms with Crippen LogP contribution in [0.5, 0.6) is 0 Å². The van der Waals surface area contributed by atoms with E-state index in [1.807, 2.05) is 0 Å². The number of aromatic nitrogens is 2. The summed E-state index contributed by atoms with van der Waals surface area (Å²) in [6, 6.07) is 7.59. The van der Waals surface area contributed by atoms with Gasteiger partial charge in [-0.15, -0.1) is 0 Å². The average Bonchev–Trinajstić information content (AvgIpc) is 2.42. The van der Waals surface area contributed by atoms with Gasteiger partial charge in [-0.2, -0.15) is 0 Å². The predicted octanol–water partition coefficient (Wildman–Crippen LogP) is 2.38. The summed E-state index contributed by atoms with van der Waals surface area (Å²) in [6.07, 6.45) is 1.95. The van der Waals surface area contributed by atoms with Crippen LogP contribution in [0.25, 0.3) is 0 Å². The van der Waals surface area contributed by atoms with Crippen LogP contribution in [0.2, 0.25) is 0 Å². The second-order valence-corrected chi connectivity index (χ2v) is 3.88. The highest BCUT2D eigenvalue weighted by Crippen LogP contribution is 2.08. The van der Waals surface area contributed by atoms with Gasteiger partial charge in [-0.05, 0) is 30.7 Å². The summed E-state index contributed by atoms with van der Waals surface area (Å²) in [6.45, 7) is 2.04. The van der Waals surface area contributed by atoms with Crippen molar-refractivity contribution in [3.63, 3.8) is 0 Å². The van der Waals surface area contributed by atoms with E-state index >= 15 is 0 Å². The first-order valence-electron chi connectivity index (χ1n) is 5.92. The largest absolute Gasteiger partial charge is 0.461 e. The molecule has 0 amide bonds. The Bertz CT molecular complexity index is 570. The van der Waals surface area contributed by atoms with Gasteiger partial charge in [0.15, 0.2) is 5.69 Å². The Hall–Kier alpha value is -2.30. The Kier molecular flexibility index (Phi) is 4.18. The summed E-state index contributed by atoms with van der Waals surface area (Å²) in [5.74, 6) is -0.257. The SMILES string of the molecule is CCOC(=O)c1ccnc(Cc2ccc(F)cc2)n1. The van der Waals surface area contributed by atoms with E-state index in [0.29, 0.717) is 18.9 Å². The molecule has 2 rings (SSSR count). The van der Waals surface area contributed by atoms with Gasteiger partial charge < -0.3 is 4.74 Å². The Labute approximate surface area is 110 Å². The lowest BCUT2D eigenvalue weighted by molar-refractivity contribution is 0.0519. The van der Waals surface area contributed by atoms with Crippen molar-refractivity contribution in [1.82, 2.24) is 9.97 Å². The Morgan fingerprint density at radius 1 is 1.26 bits per heavy atom. The highest BCUT2D eigenvalue weighted by molar-refractivity contribution is 5.87. The van der Waals surface area contributed by atoms with Gasteiger partial charge in [-0.25, -0.2) is 19.2 Å². The van der Waals surface area contributed by atoms with Crippen molar-refractivity contribution in [3.05, 3.63) is 59.4 Å². The maximum atomic E-state index is 12.8. The van der Waals surface area contributed by atoms with E-state index < -0.39 is 5.97 Å². The highest BCUT2D eigenvalue weighted by atomic mass is 19.1. The van der Waals surface area contributed by atoms with Gasteiger partial charge in [-0.3, -0.25) is 0 Å². The van der Waals surface area contributed by atoms with Gasteiger partial charge in [0.05, 0.1) is 6.61 Å². The lowest BCUT2D eigenvalue weighted by Gasteiger charge is -2.04. The van der Waals surface area contributed by atoms with E-state index in [0.717, 1.165) is 5.56 Å². The number of nitrogens with zero attached hydrogens (tertiary/aromatic N) is 2. The van der Waals surface area contributed by atoms with Gasteiger partial charge in [0.2, 0.25) is 0 Å². The van der Waals surface area contributed by atoms with Gasteiger partial charge in [0.25, 0.3) is 0 Å². The minimum atomic E-state index is -0.467. The zero-order valence-corrected chi connectivity index (χ0v) is 10.5. The first-order chi connectivity index (χ1) is 9.19. The summed E-state index contributed by atoms with van der Waals surface area (Å²) in [5, 5.41) is 0. The molecule has 0 N–H and O–H groups in total. The van der Waals surface area contributed by atoms with Gasteiger partial charge >= 0.3 is 5.97 Å². The number of carbonyl (C=O) groups excluding carboxylic acids is 1. The summed E-state index contributed by atoms with van der Waals surface area (Å²) in [5.41, 5.74) is 1.11. The fraction of sp³-hybridized carbons (Fsp3) is 0.214. The number of carbonyl (C=O) groups is 1. The fourth-order valence-corrected chi connectivity index (χ4v) is 1.59. The molecule has 0 atom stereocenters. The average molecular weight is 260 g/mol. The van der Waals surface area contributed by atoms with Crippen molar-refractivity contribution in [2.75, 3.05) is 6.61 Å². The van der Waals surface area contributed by atoms with Crippen LogP contribution in [-0.4, -0.2) is 22.5 Å². The number of rotatable bonds is 4. The van der Waals surface area contributed by atoms with Gasteiger partial charge in [0, 0.05) is 12.6 Å². The van der Waals surface area contributed by atoms with Crippen LogP contribution >= 0.6 is 0 Å². The van der Waals surface area contributed by atoms with Gasteiger partial charge in [0.1, 0.15) is 11.6 Å². The number of esters is 1. The van der Waals surface area contributed by atoms with Crippen LogP contribution in [-0.2, 0) is 11.2 Å². The predicted molar refractivity (Wildman–Crippen MR) is 67.2 cm³/mol. The third-order valence-corrected chi connectivity index (χ3v) is 2.47. The molecule has 0 spiro atoms. The van der Waals surface area contributed by atoms with E-state index in [1.165, 1.54) is 24.4 Å². The molecule has 1 heterocycles. The Morgan fingerprint density at radius 3 is 2.68 bits per heavy atom. The van der Waals surface area contributed by atoms with Crippen molar-refractivity contribution in [3.8, 4) is 0 Å². The number of hydrogen-bond donors (Lipinski definition) is 0. The molecule has 0 unspecified atom stereocenters. The summed E-state index contributed by atoms with van der Waals surface area (Å²) < 4.78 is 17.7. The number of ether oxygens (including phenoxy) is 1. The maximum Gasteiger partial charge on any atom is 0.357 e. The number of hydrogen-bond acceptors (Lipinski definition) is 4. The standard InChI is InChI=1S/C14H13FN2O2/c1-2-19-14(18)12-7-8-16-13(17-12)9-10-3-5-11(15)6-4-10/h3-8H,2,9H2,1H3. The molecule has 0 radical (unpaired) electrons. The molecule has 0 aliphatic heterocycles. The minimum absolute atomic E-state index is 0.231. The first-order valence-corrected chi connectivity index (χ1v) is 5.92. The molecule has 4 nitrogen and oxygen atoms in total. The van der Waals surface area contributed by atoms with E-state index in [4.69, 9.17) is 4.74 Å². The third kappa shape index (κ3) is 3.58. The van der Waals surface area contributed by atoms with Crippen molar-refractivity contribution in [2.45, 2.75) is 13.3 Å². The van der Waals surface area contributed by atoms with Crippen LogP contribution < -0.4 is 0 Å². The summed E-state index contributed by atoms with van der Waals surface area (Å²) in [7, 11) is 0. The monoisotopic (exact) mass is 260 g/mol. The quantitative estimate of drug-likeness (QED) is 0.792. The lowest BCUT2D eigenvalue weighted by atomic mass is 10.1. The molecular weight excluding hydrogens is 247 g/mol. The molecule has 1 aromatic carbocycles. The molecule has 5 heteroatoms. The van der Waals surface area contributed by atoms with Crippen LogP contribution in [0.15, 0.2) is 36.5 Å². The summed E-state index contributed by atoms with van der Waals surface area (Å²) >= 11 is 0. The van der Waals surface area contributed by atoms with Crippen LogP contribution in [0.1, 0.15) is 28.8 Å². The molecule has 0 aliphatic carbocycles. The zero-order chi connectivity index (χ0) is 13.7. The second kappa shape index (κ2) is 6.04. The van der Waals surface area contributed by atoms with Crippen molar-refractivity contribution in [2.24, 2.45) is 0 Å². The molecule has 1 aromatic heterocycles. The lowest BCUT2D eigenvalue weighted by Crippen LogP contribution is -2.09. The normalized spacial score (nSPS) is 10.2. The molecule has 98 valence electrons. The molecule has 0 saturated heterocycles. The van der Waals surface area contributed by atoms with Crippen molar-refractivity contribution < 1.29 is 13.9 Å². The molecule has 0 bridgehead atoms. The molecule has 0 fully saturated rings. The molecule has 2 aromatic rings. The molecule has 0 aliphatic rings. The highest BCUT2D eigenvalue weighted by Gasteiger charge is 2.09. The van der Waals surface area contributed by atoms with Gasteiger partial charge in [-0.1, -0.05) is 12.1 Å². The van der Waals surface area contributed by atoms with E-state index in [-0.39, 0.29) is 11.5 Å². The third-order valence-electron chi connectivity index (χ3n) is 2.47. The number of halogens is 1. The molecule has 19 heavy (non-hydrogen) atoms. The topological polar surface area (TPSA) is 52.1 Å². The van der Waals surface area contributed by atoms with E-state index in [2.05, 4.69) is 9.97 Å². The molecular formula is C14H13FN2O2. The Morgan fingerprint density at radius 2 is 2.00 bits per heavy atom. The summed E-state index contributed by atoms with van der Waals surface area (Å²) in [4.78, 5) is 19.7. The van der Waals surface area contributed by atoms with E-state index in [9.17, 15) is 9.18 Å². The van der Waals surface area contributed by atoms with Crippen LogP contribution in [0.4, 0.5) is 4.39 Å². The van der Waals surface area contributed by atoms with Crippen molar-refractivity contribution >= 4 is 5.97 Å². The first kappa shape index (κ1) is 13.1. The smallest absolute Gasteiger partial charge is 0.357 e.